The second kappa shape index (κ2) is 9.26. The summed E-state index contributed by atoms with van der Waals surface area (Å²) in [5, 5.41) is 0. The largest absolute Gasteiger partial charge is 0.368 e. The molecule has 5 heteroatoms. The quantitative estimate of drug-likeness (QED) is 0.594. The molecule has 0 radical (unpaired) electrons. The first-order chi connectivity index (χ1) is 14.3. The van der Waals surface area contributed by atoms with Crippen molar-refractivity contribution in [1.82, 2.24) is 9.55 Å². The third-order valence-electron chi connectivity index (χ3n) is 5.21. The Hall–Kier alpha value is -2.92. The minimum Gasteiger partial charge on any atom is -0.368 e. The average Bonchev–Trinajstić information content (AvgIpc) is 3.11. The fraction of sp³-hybridized carbons (Fsp3) is 0.360. The summed E-state index contributed by atoms with van der Waals surface area (Å²) in [6.45, 7) is 9.22. The van der Waals surface area contributed by atoms with Gasteiger partial charge in [-0.1, -0.05) is 81.4 Å². The summed E-state index contributed by atoms with van der Waals surface area (Å²) in [5.41, 5.74) is 8.55. The average molecular weight is 406 g/mol. The molecule has 0 spiro atoms. The normalized spacial score (nSPS) is 13.7. The number of hydrogen-bond acceptors (Lipinski definition) is 3. The molecule has 0 bridgehead atoms. The van der Waals surface area contributed by atoms with Crippen LogP contribution in [0.25, 0.3) is 11.3 Å². The Morgan fingerprint density at radius 2 is 1.67 bits per heavy atom. The van der Waals surface area contributed by atoms with Crippen molar-refractivity contribution in [3.05, 3.63) is 78.2 Å². The molecule has 1 heterocycles. The Morgan fingerprint density at radius 1 is 1.07 bits per heavy atom. The van der Waals surface area contributed by atoms with Crippen LogP contribution in [0.2, 0.25) is 0 Å². The Balaban J connectivity index is 2.15. The molecule has 2 atom stereocenters. The molecule has 0 aliphatic carbocycles. The number of primary amides is 1. The first-order valence-electron chi connectivity index (χ1n) is 10.4. The van der Waals surface area contributed by atoms with E-state index in [9.17, 15) is 4.79 Å². The van der Waals surface area contributed by atoms with E-state index in [1.165, 1.54) is 0 Å². The zero-order valence-electron chi connectivity index (χ0n) is 18.2. The third kappa shape index (κ3) is 4.97. The minimum atomic E-state index is -0.754. The molecule has 3 aromatic rings. The molecule has 3 rings (SSSR count). The van der Waals surface area contributed by atoms with Crippen LogP contribution in [-0.2, 0) is 16.1 Å². The van der Waals surface area contributed by atoms with Crippen molar-refractivity contribution in [3.8, 4) is 11.3 Å². The lowest BCUT2D eigenvalue weighted by Gasteiger charge is -2.35. The lowest BCUT2D eigenvalue weighted by Crippen LogP contribution is -2.43. The molecular formula is C25H31N3O2. The van der Waals surface area contributed by atoms with Gasteiger partial charge in [-0.15, -0.1) is 0 Å². The van der Waals surface area contributed by atoms with Gasteiger partial charge < -0.3 is 15.0 Å². The third-order valence-corrected chi connectivity index (χ3v) is 5.21. The molecule has 2 aromatic carbocycles. The van der Waals surface area contributed by atoms with Crippen molar-refractivity contribution >= 4 is 5.91 Å². The van der Waals surface area contributed by atoms with Crippen LogP contribution in [-0.4, -0.2) is 28.2 Å². The van der Waals surface area contributed by atoms with Gasteiger partial charge in [0, 0.05) is 24.9 Å². The van der Waals surface area contributed by atoms with E-state index in [1.807, 2.05) is 55.5 Å². The van der Waals surface area contributed by atoms with Gasteiger partial charge in [-0.25, -0.2) is 4.98 Å². The summed E-state index contributed by atoms with van der Waals surface area (Å²) < 4.78 is 7.97. The van der Waals surface area contributed by atoms with Gasteiger partial charge in [-0.2, -0.15) is 0 Å². The fourth-order valence-corrected chi connectivity index (χ4v) is 3.83. The van der Waals surface area contributed by atoms with Gasteiger partial charge in [0.15, 0.2) is 0 Å². The number of imidazole rings is 1. The monoisotopic (exact) mass is 405 g/mol. The van der Waals surface area contributed by atoms with Crippen LogP contribution in [0.4, 0.5) is 0 Å². The van der Waals surface area contributed by atoms with E-state index in [-0.39, 0.29) is 11.3 Å². The molecule has 158 valence electrons. The number of nitrogens with two attached hydrogens (primary N) is 1. The number of amides is 1. The van der Waals surface area contributed by atoms with Crippen LogP contribution >= 0.6 is 0 Å². The highest BCUT2D eigenvalue weighted by molar-refractivity contribution is 5.80. The first-order valence-corrected chi connectivity index (χ1v) is 10.4. The van der Waals surface area contributed by atoms with Gasteiger partial charge in [-0.3, -0.25) is 4.79 Å². The molecule has 0 aliphatic heterocycles. The molecule has 2 N–H and O–H groups in total. The zero-order valence-corrected chi connectivity index (χ0v) is 18.2. The molecule has 1 amide bonds. The maximum absolute atomic E-state index is 12.4. The second-order valence-corrected chi connectivity index (χ2v) is 8.59. The number of carbonyl (C=O) groups excluding carboxylic acids is 1. The summed E-state index contributed by atoms with van der Waals surface area (Å²) in [7, 11) is 0. The van der Waals surface area contributed by atoms with Crippen molar-refractivity contribution in [2.75, 3.05) is 6.61 Å². The molecule has 0 saturated carbocycles. The summed E-state index contributed by atoms with van der Waals surface area (Å²) in [5.74, 6) is 0.0471. The highest BCUT2D eigenvalue weighted by Gasteiger charge is 2.40. The number of ether oxygens (including phenoxy) is 1. The number of carbonyl (C=O) groups is 1. The van der Waals surface area contributed by atoms with Gasteiger partial charge in [0.25, 0.3) is 0 Å². The Bertz CT molecular complexity index is 959. The number of aromatic nitrogens is 2. The van der Waals surface area contributed by atoms with E-state index in [4.69, 9.17) is 15.5 Å². The van der Waals surface area contributed by atoms with Crippen LogP contribution in [0.3, 0.4) is 0 Å². The molecule has 0 aliphatic rings. The summed E-state index contributed by atoms with van der Waals surface area (Å²) in [4.78, 5) is 17.4. The van der Waals surface area contributed by atoms with Gasteiger partial charge in [0.2, 0.25) is 5.91 Å². The van der Waals surface area contributed by atoms with E-state index in [2.05, 4.69) is 43.7 Å². The highest BCUT2D eigenvalue weighted by atomic mass is 16.5. The Labute approximate surface area is 178 Å². The number of rotatable bonds is 8. The van der Waals surface area contributed by atoms with Gasteiger partial charge >= 0.3 is 0 Å². The smallest absolute Gasteiger partial charge is 0.247 e. The van der Waals surface area contributed by atoms with Crippen LogP contribution in [0.1, 0.15) is 45.0 Å². The first kappa shape index (κ1) is 21.8. The number of nitrogens with zero attached hydrogens (tertiary/aromatic N) is 2. The molecule has 30 heavy (non-hydrogen) atoms. The summed E-state index contributed by atoms with van der Waals surface area (Å²) in [6.07, 6.45) is 1.30. The van der Waals surface area contributed by atoms with E-state index in [0.717, 1.165) is 22.6 Å². The van der Waals surface area contributed by atoms with Crippen LogP contribution in [0.5, 0.6) is 0 Å². The maximum atomic E-state index is 12.4. The maximum Gasteiger partial charge on any atom is 0.247 e. The van der Waals surface area contributed by atoms with Crippen molar-refractivity contribution in [2.45, 2.75) is 46.3 Å². The standard InChI is InChI=1S/C25H31N3O2/c1-5-30-22(23(26)29)21(25(2,3)4)24-27-20(19-14-10-7-11-15-19)17-28(24)16-18-12-8-6-9-13-18/h6-15,17,21-22H,5,16H2,1-4H3,(H2,26,29)/t21-,22?/m0/s1. The topological polar surface area (TPSA) is 70.1 Å². The Kier molecular flexibility index (Phi) is 6.73. The molecular weight excluding hydrogens is 374 g/mol. The SMILES string of the molecule is CCOC(C(N)=O)[C@@H](c1nc(-c2ccccc2)cn1Cc1ccccc1)C(C)(C)C. The molecule has 1 aromatic heterocycles. The van der Waals surface area contributed by atoms with Crippen LogP contribution in [0, 0.1) is 5.41 Å². The van der Waals surface area contributed by atoms with Crippen molar-refractivity contribution in [3.63, 3.8) is 0 Å². The predicted molar refractivity (Wildman–Crippen MR) is 120 cm³/mol. The highest BCUT2D eigenvalue weighted by Crippen LogP contribution is 2.39. The molecule has 0 fully saturated rings. The fourth-order valence-electron chi connectivity index (χ4n) is 3.83. The van der Waals surface area contributed by atoms with Crippen LogP contribution < -0.4 is 5.73 Å². The van der Waals surface area contributed by atoms with E-state index in [0.29, 0.717) is 13.2 Å². The van der Waals surface area contributed by atoms with Crippen molar-refractivity contribution in [1.29, 1.82) is 0 Å². The Morgan fingerprint density at radius 3 is 2.20 bits per heavy atom. The lowest BCUT2D eigenvalue weighted by atomic mass is 9.76. The van der Waals surface area contributed by atoms with Gasteiger partial charge in [0.1, 0.15) is 11.9 Å². The van der Waals surface area contributed by atoms with Crippen molar-refractivity contribution < 1.29 is 9.53 Å². The van der Waals surface area contributed by atoms with E-state index in [1.54, 1.807) is 0 Å². The molecule has 5 nitrogen and oxygen atoms in total. The second-order valence-electron chi connectivity index (χ2n) is 8.59. The number of hydrogen-bond donors (Lipinski definition) is 1. The molecule has 1 unspecified atom stereocenters. The van der Waals surface area contributed by atoms with E-state index >= 15 is 0 Å². The van der Waals surface area contributed by atoms with Crippen LogP contribution in [0.15, 0.2) is 66.9 Å². The lowest BCUT2D eigenvalue weighted by molar-refractivity contribution is -0.133. The minimum absolute atomic E-state index is 0.289. The summed E-state index contributed by atoms with van der Waals surface area (Å²) in [6, 6.07) is 20.3. The van der Waals surface area contributed by atoms with Gasteiger partial charge in [-0.05, 0) is 17.9 Å². The van der Waals surface area contributed by atoms with Crippen molar-refractivity contribution in [2.24, 2.45) is 11.1 Å². The summed E-state index contributed by atoms with van der Waals surface area (Å²) >= 11 is 0. The zero-order chi connectivity index (χ0) is 21.7. The van der Waals surface area contributed by atoms with E-state index < -0.39 is 12.0 Å². The van der Waals surface area contributed by atoms with Gasteiger partial charge in [0.05, 0.1) is 11.6 Å². The predicted octanol–water partition coefficient (Wildman–Crippen LogP) is 4.62. The number of benzene rings is 2. The molecule has 0 saturated heterocycles.